The van der Waals surface area contributed by atoms with Crippen LogP contribution in [0.4, 0.5) is 5.82 Å². The Bertz CT molecular complexity index is 1040. The van der Waals surface area contributed by atoms with Gasteiger partial charge in [-0.05, 0) is 38.3 Å². The summed E-state index contributed by atoms with van der Waals surface area (Å²) in [6.07, 6.45) is 6.45. The summed E-state index contributed by atoms with van der Waals surface area (Å²) in [5.74, 6) is 2.17. The molecule has 4 heterocycles. The molecule has 3 aromatic rings. The van der Waals surface area contributed by atoms with Gasteiger partial charge in [0.15, 0.2) is 5.65 Å². The number of aromatic nitrogens is 4. The molecule has 0 radical (unpaired) electrons. The van der Waals surface area contributed by atoms with E-state index in [1.165, 1.54) is 6.42 Å². The Morgan fingerprint density at radius 3 is 2.87 bits per heavy atom. The second kappa shape index (κ2) is 8.20. The highest BCUT2D eigenvalue weighted by Crippen LogP contribution is 2.43. The number of hydrogen-bond donors (Lipinski definition) is 2. The van der Waals surface area contributed by atoms with Crippen molar-refractivity contribution < 1.29 is 9.47 Å². The van der Waals surface area contributed by atoms with Gasteiger partial charge in [-0.15, -0.1) is 0 Å². The third-order valence-corrected chi connectivity index (χ3v) is 5.85. The predicted octanol–water partition coefficient (Wildman–Crippen LogP) is 2.99. The van der Waals surface area contributed by atoms with Crippen LogP contribution in [0.3, 0.4) is 0 Å². The van der Waals surface area contributed by atoms with Gasteiger partial charge in [0.25, 0.3) is 0 Å². The van der Waals surface area contributed by atoms with Gasteiger partial charge in [-0.3, -0.25) is 0 Å². The molecule has 8 nitrogen and oxygen atoms in total. The minimum absolute atomic E-state index is 0.364. The van der Waals surface area contributed by atoms with Crippen molar-refractivity contribution in [3.8, 4) is 17.1 Å². The second-order valence-corrected chi connectivity index (χ2v) is 8.11. The Balaban J connectivity index is 1.53. The molecule has 30 heavy (non-hydrogen) atoms. The van der Waals surface area contributed by atoms with Crippen LogP contribution in [-0.4, -0.2) is 52.9 Å². The SMILES string of the molecule is COCc1ccc(-c2cnc3cc(OC)c(C4CC4)nn23)nc1N[C@@H]1CCCNC1. The van der Waals surface area contributed by atoms with Gasteiger partial charge in [0.05, 0.1) is 25.6 Å². The molecule has 8 heteroatoms. The number of anilines is 1. The molecule has 158 valence electrons. The zero-order valence-corrected chi connectivity index (χ0v) is 17.5. The lowest BCUT2D eigenvalue weighted by atomic mass is 10.1. The van der Waals surface area contributed by atoms with E-state index >= 15 is 0 Å². The van der Waals surface area contributed by atoms with E-state index in [1.54, 1.807) is 14.2 Å². The largest absolute Gasteiger partial charge is 0.495 e. The second-order valence-electron chi connectivity index (χ2n) is 8.11. The molecule has 1 atom stereocenters. The molecule has 2 fully saturated rings. The predicted molar refractivity (Wildman–Crippen MR) is 115 cm³/mol. The van der Waals surface area contributed by atoms with Crippen LogP contribution in [0.25, 0.3) is 17.0 Å². The van der Waals surface area contributed by atoms with E-state index in [4.69, 9.17) is 19.6 Å². The number of hydrogen-bond acceptors (Lipinski definition) is 7. The highest BCUT2D eigenvalue weighted by molar-refractivity contribution is 5.64. The molecular formula is C22H28N6O2. The Labute approximate surface area is 176 Å². The summed E-state index contributed by atoms with van der Waals surface area (Å²) in [6.45, 7) is 2.54. The molecule has 1 aliphatic carbocycles. The first-order valence-electron chi connectivity index (χ1n) is 10.7. The van der Waals surface area contributed by atoms with Crippen molar-refractivity contribution in [2.45, 2.75) is 44.2 Å². The zero-order chi connectivity index (χ0) is 20.5. The van der Waals surface area contributed by atoms with Gasteiger partial charge in [-0.1, -0.05) is 6.07 Å². The van der Waals surface area contributed by atoms with E-state index in [2.05, 4.69) is 21.7 Å². The maximum absolute atomic E-state index is 5.55. The monoisotopic (exact) mass is 408 g/mol. The highest BCUT2D eigenvalue weighted by atomic mass is 16.5. The van der Waals surface area contributed by atoms with Crippen LogP contribution in [0.5, 0.6) is 5.75 Å². The summed E-state index contributed by atoms with van der Waals surface area (Å²) < 4.78 is 12.8. The van der Waals surface area contributed by atoms with E-state index in [1.807, 2.05) is 22.8 Å². The number of pyridine rings is 1. The van der Waals surface area contributed by atoms with E-state index in [9.17, 15) is 0 Å². The lowest BCUT2D eigenvalue weighted by Crippen LogP contribution is -2.38. The maximum Gasteiger partial charge on any atom is 0.157 e. The molecule has 0 bridgehead atoms. The van der Waals surface area contributed by atoms with E-state index in [0.717, 1.165) is 72.2 Å². The molecule has 0 unspecified atom stereocenters. The number of nitrogens with zero attached hydrogens (tertiary/aromatic N) is 4. The van der Waals surface area contributed by atoms with Crippen molar-refractivity contribution in [1.82, 2.24) is 24.9 Å². The van der Waals surface area contributed by atoms with Gasteiger partial charge >= 0.3 is 0 Å². The average Bonchev–Trinajstić information content (AvgIpc) is 3.54. The van der Waals surface area contributed by atoms with Crippen LogP contribution in [0.15, 0.2) is 24.4 Å². The molecule has 2 N–H and O–H groups in total. The van der Waals surface area contributed by atoms with Crippen LogP contribution in [0, 0.1) is 0 Å². The van der Waals surface area contributed by atoms with Gasteiger partial charge in [-0.25, -0.2) is 14.5 Å². The number of imidazole rings is 1. The summed E-state index contributed by atoms with van der Waals surface area (Å²) in [5, 5.41) is 12.0. The van der Waals surface area contributed by atoms with Crippen LogP contribution >= 0.6 is 0 Å². The average molecular weight is 409 g/mol. The molecular weight excluding hydrogens is 380 g/mol. The summed E-state index contributed by atoms with van der Waals surface area (Å²) in [6, 6.07) is 6.43. The van der Waals surface area contributed by atoms with Gasteiger partial charge in [0.2, 0.25) is 0 Å². The standard InChI is InChI=1S/C22H28N6O2/c1-29-13-15-7-8-17(26-22(15)25-16-4-3-9-23-11-16)18-12-24-20-10-19(30-2)21(14-5-6-14)27-28(18)20/h7-8,10,12,14,16,23H,3-6,9,11,13H2,1-2H3,(H,25,26)/t16-/m1/s1. The van der Waals surface area contributed by atoms with Crippen molar-refractivity contribution in [1.29, 1.82) is 0 Å². The summed E-state index contributed by atoms with van der Waals surface area (Å²) in [7, 11) is 3.40. The molecule has 0 amide bonds. The van der Waals surface area contributed by atoms with Crippen molar-refractivity contribution in [2.24, 2.45) is 0 Å². The van der Waals surface area contributed by atoms with Crippen LogP contribution < -0.4 is 15.4 Å². The van der Waals surface area contributed by atoms with Gasteiger partial charge in [-0.2, -0.15) is 5.10 Å². The topological polar surface area (TPSA) is 85.6 Å². The van der Waals surface area contributed by atoms with Crippen molar-refractivity contribution >= 4 is 11.5 Å². The third kappa shape index (κ3) is 3.73. The molecule has 1 saturated heterocycles. The number of fused-ring (bicyclic) bond motifs is 1. The Hall–Kier alpha value is -2.71. The molecule has 0 spiro atoms. The molecule has 3 aromatic heterocycles. The smallest absolute Gasteiger partial charge is 0.157 e. The fraction of sp³-hybridized carbons (Fsp3) is 0.500. The van der Waals surface area contributed by atoms with Gasteiger partial charge in [0.1, 0.15) is 23.0 Å². The lowest BCUT2D eigenvalue weighted by Gasteiger charge is -2.25. The van der Waals surface area contributed by atoms with Crippen molar-refractivity contribution in [3.63, 3.8) is 0 Å². The first-order chi connectivity index (χ1) is 14.8. The van der Waals surface area contributed by atoms with E-state index < -0.39 is 0 Å². The summed E-state index contributed by atoms with van der Waals surface area (Å²) in [5.41, 5.74) is 4.54. The summed E-state index contributed by atoms with van der Waals surface area (Å²) >= 11 is 0. The van der Waals surface area contributed by atoms with Gasteiger partial charge < -0.3 is 20.1 Å². The van der Waals surface area contributed by atoms with E-state index in [0.29, 0.717) is 18.6 Å². The quantitative estimate of drug-likeness (QED) is 0.622. The maximum atomic E-state index is 5.55. The summed E-state index contributed by atoms with van der Waals surface area (Å²) in [4.78, 5) is 9.51. The normalized spacial score (nSPS) is 19.2. The number of rotatable bonds is 7. The van der Waals surface area contributed by atoms with Gasteiger partial charge in [0, 0.05) is 37.2 Å². The van der Waals surface area contributed by atoms with Crippen molar-refractivity contribution in [3.05, 3.63) is 35.7 Å². The molecule has 5 rings (SSSR count). The van der Waals surface area contributed by atoms with Crippen LogP contribution in [0.1, 0.15) is 42.9 Å². The minimum atomic E-state index is 0.364. The molecule has 2 aliphatic rings. The lowest BCUT2D eigenvalue weighted by molar-refractivity contribution is 0.185. The Morgan fingerprint density at radius 2 is 2.13 bits per heavy atom. The fourth-order valence-electron chi connectivity index (χ4n) is 4.09. The zero-order valence-electron chi connectivity index (χ0n) is 17.5. The fourth-order valence-corrected chi connectivity index (χ4v) is 4.09. The number of methoxy groups -OCH3 is 2. The first kappa shape index (κ1) is 19.3. The van der Waals surface area contributed by atoms with Crippen LogP contribution in [-0.2, 0) is 11.3 Å². The first-order valence-corrected chi connectivity index (χ1v) is 10.7. The van der Waals surface area contributed by atoms with E-state index in [-0.39, 0.29) is 0 Å². The number of ether oxygens (including phenoxy) is 2. The van der Waals surface area contributed by atoms with Crippen LogP contribution in [0.2, 0.25) is 0 Å². The Morgan fingerprint density at radius 1 is 1.23 bits per heavy atom. The number of piperidine rings is 1. The molecule has 1 aliphatic heterocycles. The van der Waals surface area contributed by atoms with Crippen molar-refractivity contribution in [2.75, 3.05) is 32.6 Å². The molecule has 1 saturated carbocycles. The minimum Gasteiger partial charge on any atom is -0.495 e. The third-order valence-electron chi connectivity index (χ3n) is 5.85. The highest BCUT2D eigenvalue weighted by Gasteiger charge is 2.30. The Kier molecular flexibility index (Phi) is 5.26. The molecule has 0 aromatic carbocycles. The number of nitrogens with one attached hydrogen (secondary N) is 2.